The summed E-state index contributed by atoms with van der Waals surface area (Å²) in [5.74, 6) is -0.0760. The van der Waals surface area contributed by atoms with Crippen LogP contribution in [0.4, 0.5) is 4.39 Å². The van der Waals surface area contributed by atoms with Crippen LogP contribution in [0.3, 0.4) is 0 Å². The first-order valence-corrected chi connectivity index (χ1v) is 10.0. The summed E-state index contributed by atoms with van der Waals surface area (Å²) in [7, 11) is 0. The quantitative estimate of drug-likeness (QED) is 0.480. The molecule has 1 aliphatic rings. The number of halogens is 2. The van der Waals surface area contributed by atoms with Crippen molar-refractivity contribution in [2.75, 3.05) is 13.1 Å². The molecule has 2 aromatic carbocycles. The Balaban J connectivity index is 1.30. The van der Waals surface area contributed by atoms with E-state index in [2.05, 4.69) is 20.5 Å². The highest BCUT2D eigenvalue weighted by Gasteiger charge is 2.30. The van der Waals surface area contributed by atoms with Crippen molar-refractivity contribution in [1.82, 2.24) is 30.0 Å². The number of rotatable bonds is 4. The number of aromatic nitrogens is 5. The molecule has 0 saturated carbocycles. The Morgan fingerprint density at radius 1 is 1.19 bits per heavy atom. The van der Waals surface area contributed by atoms with Crippen molar-refractivity contribution in [3.63, 3.8) is 0 Å². The van der Waals surface area contributed by atoms with E-state index in [1.807, 2.05) is 30.3 Å². The van der Waals surface area contributed by atoms with Gasteiger partial charge in [0, 0.05) is 18.7 Å². The predicted octanol–water partition coefficient (Wildman–Crippen LogP) is 3.87. The lowest BCUT2D eigenvalue weighted by atomic mass is 10.2. The van der Waals surface area contributed by atoms with Gasteiger partial charge in [-0.15, -0.1) is 5.10 Å². The van der Waals surface area contributed by atoms with E-state index in [1.54, 1.807) is 15.8 Å². The van der Waals surface area contributed by atoms with Crippen molar-refractivity contribution in [3.05, 3.63) is 71.1 Å². The Hall–Kier alpha value is -3.59. The maximum Gasteiger partial charge on any atom is 0.280 e. The first kappa shape index (κ1) is 19.4. The molecule has 156 valence electrons. The van der Waals surface area contributed by atoms with Gasteiger partial charge < -0.3 is 9.42 Å². The van der Waals surface area contributed by atoms with E-state index in [0.717, 1.165) is 11.6 Å². The average Bonchev–Trinajstić information content (AvgIpc) is 3.55. The second-order valence-electron chi connectivity index (χ2n) is 7.19. The van der Waals surface area contributed by atoms with Crippen LogP contribution in [0.15, 0.2) is 59.3 Å². The summed E-state index contributed by atoms with van der Waals surface area (Å²) in [5.41, 5.74) is 1.44. The van der Waals surface area contributed by atoms with Gasteiger partial charge in [0.05, 0.1) is 22.8 Å². The molecule has 1 fully saturated rings. The molecule has 0 bridgehead atoms. The van der Waals surface area contributed by atoms with E-state index >= 15 is 0 Å². The summed E-state index contributed by atoms with van der Waals surface area (Å²) < 4.78 is 20.6. The molecule has 2 aromatic heterocycles. The molecular weight excluding hydrogens is 423 g/mol. The van der Waals surface area contributed by atoms with Gasteiger partial charge in [-0.3, -0.25) is 4.79 Å². The monoisotopic (exact) mass is 438 g/mol. The minimum Gasteiger partial charge on any atom is -0.336 e. The van der Waals surface area contributed by atoms with Crippen molar-refractivity contribution in [3.8, 4) is 23.0 Å². The fourth-order valence-electron chi connectivity index (χ4n) is 3.56. The van der Waals surface area contributed by atoms with Crippen molar-refractivity contribution >= 4 is 17.5 Å². The van der Waals surface area contributed by atoms with Crippen LogP contribution >= 0.6 is 11.6 Å². The van der Waals surface area contributed by atoms with E-state index < -0.39 is 5.82 Å². The number of carbonyl (C=O) groups excluding carboxylic acids is 1. The third-order valence-electron chi connectivity index (χ3n) is 5.17. The van der Waals surface area contributed by atoms with Crippen LogP contribution in [0.2, 0.25) is 5.02 Å². The first-order valence-electron chi connectivity index (χ1n) is 9.64. The number of carbonyl (C=O) groups is 1. The third-order valence-corrected chi connectivity index (χ3v) is 5.50. The topological polar surface area (TPSA) is 89.9 Å². The van der Waals surface area contributed by atoms with Crippen LogP contribution in [0.1, 0.15) is 22.8 Å². The molecule has 1 saturated heterocycles. The zero-order valence-corrected chi connectivity index (χ0v) is 16.9. The minimum absolute atomic E-state index is 0.0750. The van der Waals surface area contributed by atoms with E-state index in [4.69, 9.17) is 16.1 Å². The van der Waals surface area contributed by atoms with Gasteiger partial charge in [0.1, 0.15) is 5.82 Å². The number of hydrogen-bond donors (Lipinski definition) is 0. The van der Waals surface area contributed by atoms with Crippen molar-refractivity contribution < 1.29 is 13.7 Å². The number of nitrogens with zero attached hydrogens (tertiary/aromatic N) is 6. The van der Waals surface area contributed by atoms with Crippen LogP contribution in [-0.4, -0.2) is 49.0 Å². The van der Waals surface area contributed by atoms with Crippen LogP contribution in [0.25, 0.3) is 23.0 Å². The summed E-state index contributed by atoms with van der Waals surface area (Å²) in [6.07, 6.45) is 2.40. The van der Waals surface area contributed by atoms with Crippen molar-refractivity contribution in [2.45, 2.75) is 12.5 Å². The second kappa shape index (κ2) is 7.92. The number of likely N-dealkylation sites (tertiary alicyclic amines) is 1. The molecule has 0 spiro atoms. The summed E-state index contributed by atoms with van der Waals surface area (Å²) >= 11 is 6.08. The Morgan fingerprint density at radius 2 is 2.03 bits per heavy atom. The Labute approximate surface area is 181 Å². The molecule has 1 atom stereocenters. The second-order valence-corrected chi connectivity index (χ2v) is 7.60. The van der Waals surface area contributed by atoms with Crippen molar-refractivity contribution in [1.29, 1.82) is 0 Å². The Morgan fingerprint density at radius 3 is 2.87 bits per heavy atom. The molecule has 3 heterocycles. The molecule has 0 N–H and O–H groups in total. The molecule has 0 aliphatic carbocycles. The predicted molar refractivity (Wildman–Crippen MR) is 110 cm³/mol. The largest absolute Gasteiger partial charge is 0.336 e. The normalized spacial score (nSPS) is 16.1. The Kier molecular flexibility index (Phi) is 4.95. The molecule has 31 heavy (non-hydrogen) atoms. The molecular formula is C21H16ClFN6O2. The zero-order valence-electron chi connectivity index (χ0n) is 16.2. The fourth-order valence-corrected chi connectivity index (χ4v) is 3.76. The van der Waals surface area contributed by atoms with Gasteiger partial charge in [-0.25, -0.2) is 9.07 Å². The third kappa shape index (κ3) is 3.79. The van der Waals surface area contributed by atoms with Crippen LogP contribution in [0, 0.1) is 5.82 Å². The van der Waals surface area contributed by atoms with Gasteiger partial charge in [-0.05, 0) is 24.6 Å². The van der Waals surface area contributed by atoms with Gasteiger partial charge in [-0.2, -0.15) is 4.98 Å². The Bertz CT molecular complexity index is 1240. The molecule has 4 aromatic rings. The van der Waals surface area contributed by atoms with Crippen molar-refractivity contribution in [2.24, 2.45) is 0 Å². The van der Waals surface area contributed by atoms with Crippen LogP contribution in [0.5, 0.6) is 0 Å². The van der Waals surface area contributed by atoms with Gasteiger partial charge in [-0.1, -0.05) is 52.3 Å². The minimum atomic E-state index is -0.501. The zero-order chi connectivity index (χ0) is 21.4. The fraction of sp³-hybridized carbons (Fsp3) is 0.190. The molecule has 0 radical (unpaired) electrons. The summed E-state index contributed by atoms with van der Waals surface area (Å²) in [6, 6.07) is 13.2. The van der Waals surface area contributed by atoms with Gasteiger partial charge >= 0.3 is 0 Å². The van der Waals surface area contributed by atoms with E-state index in [9.17, 15) is 9.18 Å². The number of hydrogen-bond acceptors (Lipinski definition) is 6. The molecule has 1 unspecified atom stereocenters. The molecule has 1 aliphatic heterocycles. The lowest BCUT2D eigenvalue weighted by Gasteiger charge is -2.17. The summed E-state index contributed by atoms with van der Waals surface area (Å²) in [6.45, 7) is 0.915. The van der Waals surface area contributed by atoms with Gasteiger partial charge in [0.2, 0.25) is 5.82 Å². The molecule has 5 rings (SSSR count). The van der Waals surface area contributed by atoms with Crippen LogP contribution in [-0.2, 0) is 0 Å². The highest BCUT2D eigenvalue weighted by Crippen LogP contribution is 2.27. The lowest BCUT2D eigenvalue weighted by Crippen LogP contribution is -2.29. The van der Waals surface area contributed by atoms with Crippen LogP contribution < -0.4 is 0 Å². The smallest absolute Gasteiger partial charge is 0.280 e. The van der Waals surface area contributed by atoms with E-state index in [-0.39, 0.29) is 28.4 Å². The van der Waals surface area contributed by atoms with E-state index in [1.165, 1.54) is 12.1 Å². The highest BCUT2D eigenvalue weighted by molar-refractivity contribution is 6.33. The average molecular weight is 439 g/mol. The summed E-state index contributed by atoms with van der Waals surface area (Å²) in [5, 5.41) is 12.5. The van der Waals surface area contributed by atoms with E-state index in [0.29, 0.717) is 31.0 Å². The lowest BCUT2D eigenvalue weighted by molar-refractivity contribution is 0.0786. The number of benzene rings is 2. The van der Waals surface area contributed by atoms with Gasteiger partial charge in [0.25, 0.3) is 11.8 Å². The highest BCUT2D eigenvalue weighted by atomic mass is 35.5. The first-order chi connectivity index (χ1) is 15.1. The molecule has 8 nitrogen and oxygen atoms in total. The standard InChI is InChI=1S/C21H16ClFN6O2/c22-17-7-6-14(23)10-16(17)21(30)28-9-8-15(11-28)29-12-18(25-27-29)20-24-19(26-31-20)13-4-2-1-3-5-13/h1-7,10,12,15H,8-9,11H2. The number of amides is 1. The summed E-state index contributed by atoms with van der Waals surface area (Å²) in [4.78, 5) is 18.8. The molecule has 10 heteroatoms. The SMILES string of the molecule is O=C(c1cc(F)ccc1Cl)N1CCC(n2cc(-c3nc(-c4ccccc4)no3)nn2)C1. The maximum atomic E-state index is 13.5. The maximum absolute atomic E-state index is 13.5. The molecule has 1 amide bonds. The van der Waals surface area contributed by atoms with Gasteiger partial charge in [0.15, 0.2) is 5.69 Å².